The molecule has 58 valence electrons. The lowest BCUT2D eigenvalue weighted by Gasteiger charge is -1.90. The molecule has 0 atom stereocenters. The number of carboxylic acids is 1. The van der Waals surface area contributed by atoms with Crippen molar-refractivity contribution >= 4 is 25.8 Å². The summed E-state index contributed by atoms with van der Waals surface area (Å²) in [6.07, 6.45) is 0. The molecule has 0 aromatic heterocycles. The molecule has 0 amide bonds. The van der Waals surface area contributed by atoms with E-state index in [0.29, 0.717) is 0 Å². The molecule has 4 nitrogen and oxygen atoms in total. The zero-order chi connectivity index (χ0) is 8.31. The highest BCUT2D eigenvalue weighted by atomic mass is 127. The van der Waals surface area contributed by atoms with Gasteiger partial charge in [0, 0.05) is 5.57 Å². The van der Waals surface area contributed by atoms with E-state index in [-0.39, 0.29) is 9.15 Å². The predicted octanol–water partition coefficient (Wildman–Crippen LogP) is 1.56. The molecule has 0 spiro atoms. The first-order chi connectivity index (χ1) is 4.46. The average molecular weight is 258 g/mol. The monoisotopic (exact) mass is 258 g/mol. The Balaban J connectivity index is 4.86. The summed E-state index contributed by atoms with van der Waals surface area (Å²) in [6.45, 7) is 2.58. The summed E-state index contributed by atoms with van der Waals surface area (Å²) in [5.74, 6) is -1.17. The lowest BCUT2D eigenvalue weighted by molar-refractivity contribution is -0.132. The van der Waals surface area contributed by atoms with Gasteiger partial charge in [-0.15, -0.1) is 0 Å². The SMILES string of the molecule is C/C(C(=O)O)=C(\C)I(=O)=O. The average Bonchev–Trinajstić information content (AvgIpc) is 1.84. The second-order valence-electron chi connectivity index (χ2n) is 1.68. The zero-order valence-electron chi connectivity index (χ0n) is 5.55. The fourth-order valence-corrected chi connectivity index (χ4v) is 1.15. The van der Waals surface area contributed by atoms with Crippen molar-refractivity contribution in [2.45, 2.75) is 13.8 Å². The van der Waals surface area contributed by atoms with Gasteiger partial charge < -0.3 is 5.11 Å². The molecule has 0 saturated heterocycles. The van der Waals surface area contributed by atoms with Crippen molar-refractivity contribution in [3.8, 4) is 0 Å². The first kappa shape index (κ1) is 9.54. The van der Waals surface area contributed by atoms with Gasteiger partial charge in [0.1, 0.15) is 0 Å². The van der Waals surface area contributed by atoms with Crippen LogP contribution >= 0.6 is 19.8 Å². The van der Waals surface area contributed by atoms with Crippen LogP contribution < -0.4 is 0 Å². The number of halogens is 1. The second-order valence-corrected chi connectivity index (χ2v) is 4.54. The lowest BCUT2D eigenvalue weighted by Crippen LogP contribution is -1.96. The third kappa shape index (κ3) is 2.42. The Morgan fingerprint density at radius 3 is 1.80 bits per heavy atom. The van der Waals surface area contributed by atoms with Crippen molar-refractivity contribution in [3.63, 3.8) is 0 Å². The summed E-state index contributed by atoms with van der Waals surface area (Å²) < 4.78 is 20.5. The Morgan fingerprint density at radius 1 is 1.30 bits per heavy atom. The van der Waals surface area contributed by atoms with E-state index in [1.54, 1.807) is 0 Å². The van der Waals surface area contributed by atoms with Gasteiger partial charge in [-0.1, -0.05) is 0 Å². The van der Waals surface area contributed by atoms with E-state index in [9.17, 15) is 10.9 Å². The van der Waals surface area contributed by atoms with Crippen LogP contribution in [0.5, 0.6) is 0 Å². The summed E-state index contributed by atoms with van der Waals surface area (Å²) in [7, 11) is 0. The maximum absolute atomic E-state index is 10.3. The standard InChI is InChI=1S/C5H7IO4/c1-3(5(7)8)4(2)6(9)10/h1-2H3,(H,7,8)/b4-3-. The van der Waals surface area contributed by atoms with Crippen LogP contribution in [0.25, 0.3) is 0 Å². The number of carbonyl (C=O) groups is 1. The normalized spacial score (nSPS) is 13.1. The number of hydrogen-bond donors (Lipinski definition) is 1. The van der Waals surface area contributed by atoms with Crippen molar-refractivity contribution in [1.29, 1.82) is 0 Å². The van der Waals surface area contributed by atoms with E-state index in [4.69, 9.17) is 5.11 Å². The van der Waals surface area contributed by atoms with E-state index in [1.165, 1.54) is 13.8 Å². The van der Waals surface area contributed by atoms with Crippen molar-refractivity contribution in [3.05, 3.63) is 9.15 Å². The Kier molecular flexibility index (Phi) is 3.48. The summed E-state index contributed by atoms with van der Waals surface area (Å²) in [6, 6.07) is 0. The highest BCUT2D eigenvalue weighted by Gasteiger charge is 2.07. The molecule has 0 aliphatic heterocycles. The number of rotatable bonds is 2. The van der Waals surface area contributed by atoms with Gasteiger partial charge in [0.2, 0.25) is 0 Å². The number of carboxylic acid groups (broad SMARTS) is 1. The topological polar surface area (TPSA) is 71.4 Å². The molecule has 0 aromatic carbocycles. The van der Waals surface area contributed by atoms with Gasteiger partial charge in [0.25, 0.3) is 0 Å². The number of allylic oxidation sites excluding steroid dienone is 1. The van der Waals surface area contributed by atoms with Gasteiger partial charge in [-0.2, -0.15) is 0 Å². The molecule has 10 heavy (non-hydrogen) atoms. The molecule has 0 saturated carbocycles. The van der Waals surface area contributed by atoms with Crippen molar-refractivity contribution < 1.29 is 16.0 Å². The smallest absolute Gasteiger partial charge is 0.336 e. The van der Waals surface area contributed by atoms with Crippen LogP contribution in [-0.4, -0.2) is 11.1 Å². The Bertz CT molecular complexity index is 240. The molecule has 0 fully saturated rings. The van der Waals surface area contributed by atoms with E-state index < -0.39 is 25.8 Å². The molecular formula is C5H7IO4. The summed E-state index contributed by atoms with van der Waals surface area (Å²) >= 11 is -3.53. The van der Waals surface area contributed by atoms with Crippen LogP contribution in [0.15, 0.2) is 9.15 Å². The van der Waals surface area contributed by atoms with E-state index in [2.05, 4.69) is 0 Å². The van der Waals surface area contributed by atoms with Crippen LogP contribution in [0, 0.1) is 0 Å². The second kappa shape index (κ2) is 3.65. The van der Waals surface area contributed by atoms with Gasteiger partial charge in [-0.25, -0.2) is 10.9 Å². The third-order valence-electron chi connectivity index (χ3n) is 1.07. The van der Waals surface area contributed by atoms with E-state index >= 15 is 0 Å². The minimum absolute atomic E-state index is 0.00306. The predicted molar refractivity (Wildman–Crippen MR) is 41.4 cm³/mol. The molecular weight excluding hydrogens is 251 g/mol. The molecule has 0 aliphatic rings. The number of hydrogen-bond acceptors (Lipinski definition) is 3. The molecule has 0 radical (unpaired) electrons. The molecule has 1 N–H and O–H groups in total. The van der Waals surface area contributed by atoms with Crippen LogP contribution in [0.4, 0.5) is 0 Å². The molecule has 0 unspecified atom stereocenters. The number of aliphatic carboxylic acids is 1. The minimum atomic E-state index is -3.53. The third-order valence-corrected chi connectivity index (χ3v) is 3.20. The van der Waals surface area contributed by atoms with Gasteiger partial charge in [0.15, 0.2) is 0 Å². The van der Waals surface area contributed by atoms with Crippen LogP contribution in [0.1, 0.15) is 13.8 Å². The first-order valence-corrected chi connectivity index (χ1v) is 5.27. The molecule has 5 heteroatoms. The summed E-state index contributed by atoms with van der Waals surface area (Å²) in [5.41, 5.74) is -0.0878. The Labute approximate surface area is 65.1 Å². The lowest BCUT2D eigenvalue weighted by atomic mass is 10.3. The van der Waals surface area contributed by atoms with Crippen LogP contribution in [-0.2, 0) is 10.9 Å². The Morgan fingerprint density at radius 2 is 1.70 bits per heavy atom. The largest absolute Gasteiger partial charge is 0.478 e. The molecule has 0 aliphatic carbocycles. The van der Waals surface area contributed by atoms with Gasteiger partial charge in [-0.05, 0) is 13.8 Å². The van der Waals surface area contributed by atoms with Gasteiger partial charge in [0.05, 0.1) is 3.58 Å². The van der Waals surface area contributed by atoms with E-state index in [1.807, 2.05) is 0 Å². The molecule has 0 heterocycles. The van der Waals surface area contributed by atoms with Crippen LogP contribution in [0.3, 0.4) is 0 Å². The molecule has 0 aromatic rings. The van der Waals surface area contributed by atoms with Gasteiger partial charge >= 0.3 is 25.8 Å². The van der Waals surface area contributed by atoms with Gasteiger partial charge in [-0.3, -0.25) is 0 Å². The van der Waals surface area contributed by atoms with Crippen molar-refractivity contribution in [2.75, 3.05) is 0 Å². The first-order valence-electron chi connectivity index (χ1n) is 2.43. The summed E-state index contributed by atoms with van der Waals surface area (Å²) in [4.78, 5) is 10.1. The summed E-state index contributed by atoms with van der Waals surface area (Å²) in [5, 5.41) is 8.29. The molecule has 0 bridgehead atoms. The maximum atomic E-state index is 10.3. The molecule has 0 rings (SSSR count). The highest BCUT2D eigenvalue weighted by molar-refractivity contribution is 14.2. The fourth-order valence-electron chi connectivity index (χ4n) is 0.263. The fraction of sp³-hybridized carbons (Fsp3) is 0.400. The maximum Gasteiger partial charge on any atom is 0.336 e. The van der Waals surface area contributed by atoms with Crippen LogP contribution in [0.2, 0.25) is 0 Å². The van der Waals surface area contributed by atoms with E-state index in [0.717, 1.165) is 0 Å². The Hall–Kier alpha value is -0.460. The van der Waals surface area contributed by atoms with Crippen molar-refractivity contribution in [2.24, 2.45) is 0 Å². The highest BCUT2D eigenvalue weighted by Crippen LogP contribution is 2.22. The minimum Gasteiger partial charge on any atom is -0.478 e. The quantitative estimate of drug-likeness (QED) is 0.602. The van der Waals surface area contributed by atoms with Crippen molar-refractivity contribution in [1.82, 2.24) is 0 Å². The zero-order valence-corrected chi connectivity index (χ0v) is 7.71.